The van der Waals surface area contributed by atoms with Gasteiger partial charge in [-0.15, -0.1) is 0 Å². The van der Waals surface area contributed by atoms with Crippen molar-refractivity contribution in [2.75, 3.05) is 13.7 Å². The standard InChI is InChI=1S/C10H10F2O2/c1-13-10-9-6(8(12)5-14-10)3-2-4-7(9)11/h2-4,8,10H,5H2,1H3/t8-,10-/m1/s1. The first-order valence-corrected chi connectivity index (χ1v) is 4.31. The van der Waals surface area contributed by atoms with E-state index in [1.165, 1.54) is 19.2 Å². The van der Waals surface area contributed by atoms with E-state index in [1.807, 2.05) is 0 Å². The van der Waals surface area contributed by atoms with Gasteiger partial charge in [-0.05, 0) is 11.6 Å². The molecule has 0 radical (unpaired) electrons. The fraction of sp³-hybridized carbons (Fsp3) is 0.400. The molecule has 4 heteroatoms. The second kappa shape index (κ2) is 3.63. The fourth-order valence-electron chi connectivity index (χ4n) is 1.61. The highest BCUT2D eigenvalue weighted by Crippen LogP contribution is 2.36. The third-order valence-electron chi connectivity index (χ3n) is 2.27. The van der Waals surface area contributed by atoms with E-state index in [0.29, 0.717) is 5.56 Å². The fourth-order valence-corrected chi connectivity index (χ4v) is 1.61. The van der Waals surface area contributed by atoms with Crippen LogP contribution in [0.15, 0.2) is 18.2 Å². The molecule has 2 nitrogen and oxygen atoms in total. The maximum atomic E-state index is 13.4. The molecular formula is C10H10F2O2. The molecule has 1 aliphatic heterocycles. The van der Waals surface area contributed by atoms with Crippen LogP contribution in [-0.4, -0.2) is 13.7 Å². The number of benzene rings is 1. The molecule has 1 aliphatic rings. The quantitative estimate of drug-likeness (QED) is 0.693. The van der Waals surface area contributed by atoms with Crippen LogP contribution in [0.3, 0.4) is 0 Å². The van der Waals surface area contributed by atoms with Crippen molar-refractivity contribution in [1.29, 1.82) is 0 Å². The Morgan fingerprint density at radius 1 is 1.50 bits per heavy atom. The van der Waals surface area contributed by atoms with Crippen molar-refractivity contribution in [3.63, 3.8) is 0 Å². The number of hydrogen-bond acceptors (Lipinski definition) is 2. The van der Waals surface area contributed by atoms with Gasteiger partial charge < -0.3 is 9.47 Å². The lowest BCUT2D eigenvalue weighted by atomic mass is 10.0. The van der Waals surface area contributed by atoms with Gasteiger partial charge in [0.2, 0.25) is 0 Å². The molecule has 2 rings (SSSR count). The number of methoxy groups -OCH3 is 1. The van der Waals surface area contributed by atoms with Gasteiger partial charge in [0, 0.05) is 12.7 Å². The second-order valence-electron chi connectivity index (χ2n) is 3.11. The molecule has 0 aliphatic carbocycles. The van der Waals surface area contributed by atoms with Crippen LogP contribution in [0.2, 0.25) is 0 Å². The second-order valence-corrected chi connectivity index (χ2v) is 3.11. The van der Waals surface area contributed by atoms with Crippen LogP contribution in [0.25, 0.3) is 0 Å². The topological polar surface area (TPSA) is 18.5 Å². The molecule has 1 aromatic carbocycles. The lowest BCUT2D eigenvalue weighted by Gasteiger charge is -2.27. The molecule has 1 aromatic rings. The van der Waals surface area contributed by atoms with Gasteiger partial charge in [-0.1, -0.05) is 12.1 Å². The third kappa shape index (κ3) is 1.40. The Morgan fingerprint density at radius 3 is 3.00 bits per heavy atom. The van der Waals surface area contributed by atoms with Gasteiger partial charge in [-0.2, -0.15) is 0 Å². The first kappa shape index (κ1) is 9.55. The van der Waals surface area contributed by atoms with Crippen LogP contribution in [-0.2, 0) is 9.47 Å². The van der Waals surface area contributed by atoms with Crippen molar-refractivity contribution < 1.29 is 18.3 Å². The zero-order valence-electron chi connectivity index (χ0n) is 7.67. The molecule has 0 unspecified atom stereocenters. The Labute approximate surface area is 80.4 Å². The van der Waals surface area contributed by atoms with Gasteiger partial charge >= 0.3 is 0 Å². The Morgan fingerprint density at radius 2 is 2.29 bits per heavy atom. The summed E-state index contributed by atoms with van der Waals surface area (Å²) < 4.78 is 36.6. The molecule has 1 heterocycles. The summed E-state index contributed by atoms with van der Waals surface area (Å²) in [4.78, 5) is 0. The number of hydrogen-bond donors (Lipinski definition) is 0. The zero-order valence-corrected chi connectivity index (χ0v) is 7.67. The molecule has 0 spiro atoms. The summed E-state index contributed by atoms with van der Waals surface area (Å²) in [7, 11) is 1.40. The van der Waals surface area contributed by atoms with E-state index < -0.39 is 18.3 Å². The maximum absolute atomic E-state index is 13.4. The van der Waals surface area contributed by atoms with Crippen molar-refractivity contribution in [1.82, 2.24) is 0 Å². The molecule has 14 heavy (non-hydrogen) atoms. The van der Waals surface area contributed by atoms with E-state index in [-0.39, 0.29) is 12.2 Å². The van der Waals surface area contributed by atoms with Crippen LogP contribution in [0.5, 0.6) is 0 Å². The van der Waals surface area contributed by atoms with Crippen molar-refractivity contribution in [3.8, 4) is 0 Å². The average molecular weight is 200 g/mol. The molecule has 2 atom stereocenters. The van der Waals surface area contributed by atoms with E-state index in [0.717, 1.165) is 0 Å². The summed E-state index contributed by atoms with van der Waals surface area (Å²) in [5.74, 6) is -0.489. The summed E-state index contributed by atoms with van der Waals surface area (Å²) in [6.07, 6.45) is -2.06. The number of halogens is 2. The highest BCUT2D eigenvalue weighted by atomic mass is 19.1. The molecule has 0 bridgehead atoms. The van der Waals surface area contributed by atoms with Gasteiger partial charge in [0.15, 0.2) is 6.29 Å². The SMILES string of the molecule is CO[C@@H]1OC[C@@H](F)c2cccc(F)c21. The molecule has 0 fully saturated rings. The Balaban J connectivity index is 2.51. The predicted molar refractivity (Wildman–Crippen MR) is 46.0 cm³/mol. The smallest absolute Gasteiger partial charge is 0.186 e. The zero-order chi connectivity index (χ0) is 10.1. The lowest BCUT2D eigenvalue weighted by molar-refractivity contribution is -0.152. The predicted octanol–water partition coefficient (Wildman–Crippen LogP) is 2.51. The first-order valence-electron chi connectivity index (χ1n) is 4.31. The van der Waals surface area contributed by atoms with E-state index in [9.17, 15) is 8.78 Å². The minimum atomic E-state index is -1.27. The monoisotopic (exact) mass is 200 g/mol. The summed E-state index contributed by atoms with van der Waals surface area (Å²) >= 11 is 0. The van der Waals surface area contributed by atoms with Gasteiger partial charge in [0.25, 0.3) is 0 Å². The number of alkyl halides is 1. The van der Waals surface area contributed by atoms with E-state index in [1.54, 1.807) is 6.07 Å². The van der Waals surface area contributed by atoms with Gasteiger partial charge in [-0.3, -0.25) is 0 Å². The van der Waals surface area contributed by atoms with Crippen LogP contribution >= 0.6 is 0 Å². The third-order valence-corrected chi connectivity index (χ3v) is 2.27. The first-order chi connectivity index (χ1) is 6.74. The van der Waals surface area contributed by atoms with Crippen molar-refractivity contribution in [3.05, 3.63) is 35.1 Å². The van der Waals surface area contributed by atoms with Gasteiger partial charge in [0.1, 0.15) is 12.0 Å². The summed E-state index contributed by atoms with van der Waals surface area (Å²) in [6, 6.07) is 4.31. The molecular weight excluding hydrogens is 190 g/mol. The Hall–Kier alpha value is -1.00. The average Bonchev–Trinajstić information content (AvgIpc) is 2.20. The lowest BCUT2D eigenvalue weighted by Crippen LogP contribution is -2.21. The van der Waals surface area contributed by atoms with Crippen LogP contribution in [0.1, 0.15) is 23.6 Å². The number of fused-ring (bicyclic) bond motifs is 1. The van der Waals surface area contributed by atoms with E-state index in [4.69, 9.17) is 9.47 Å². The maximum Gasteiger partial charge on any atom is 0.186 e. The van der Waals surface area contributed by atoms with Gasteiger partial charge in [-0.25, -0.2) is 8.78 Å². The van der Waals surface area contributed by atoms with Gasteiger partial charge in [0.05, 0.1) is 6.61 Å². The summed E-state index contributed by atoms with van der Waals surface area (Å²) in [5.41, 5.74) is 0.497. The van der Waals surface area contributed by atoms with E-state index in [2.05, 4.69) is 0 Å². The Bertz CT molecular complexity index is 341. The van der Waals surface area contributed by atoms with Crippen molar-refractivity contribution >= 4 is 0 Å². The molecule has 0 N–H and O–H groups in total. The summed E-state index contributed by atoms with van der Waals surface area (Å²) in [5, 5.41) is 0. The largest absolute Gasteiger partial charge is 0.352 e. The number of ether oxygens (including phenoxy) is 2. The van der Waals surface area contributed by atoms with Crippen molar-refractivity contribution in [2.24, 2.45) is 0 Å². The molecule has 76 valence electrons. The Kier molecular flexibility index (Phi) is 2.48. The molecule has 0 saturated heterocycles. The molecule has 0 saturated carbocycles. The number of rotatable bonds is 1. The molecule has 0 aromatic heterocycles. The minimum absolute atomic E-state index is 0.0883. The van der Waals surface area contributed by atoms with Crippen LogP contribution < -0.4 is 0 Å². The highest BCUT2D eigenvalue weighted by Gasteiger charge is 2.30. The van der Waals surface area contributed by atoms with Crippen LogP contribution in [0.4, 0.5) is 8.78 Å². The minimum Gasteiger partial charge on any atom is -0.352 e. The normalized spacial score (nSPS) is 25.9. The van der Waals surface area contributed by atoms with E-state index >= 15 is 0 Å². The molecule has 0 amide bonds. The summed E-state index contributed by atoms with van der Waals surface area (Å²) in [6.45, 7) is -0.0883. The van der Waals surface area contributed by atoms with Crippen molar-refractivity contribution in [2.45, 2.75) is 12.5 Å². The highest BCUT2D eigenvalue weighted by molar-refractivity contribution is 5.33. The van der Waals surface area contributed by atoms with Crippen LogP contribution in [0, 0.1) is 5.82 Å².